The summed E-state index contributed by atoms with van der Waals surface area (Å²) in [6.45, 7) is 5.18. The highest BCUT2D eigenvalue weighted by atomic mass is 19.1. The van der Waals surface area contributed by atoms with Gasteiger partial charge in [-0.3, -0.25) is 4.98 Å². The normalized spacial score (nSPS) is 11.3. The topological polar surface area (TPSA) is 53.6 Å². The van der Waals surface area contributed by atoms with Crippen LogP contribution in [-0.4, -0.2) is 21.5 Å². The Balaban J connectivity index is 1.88. The Morgan fingerprint density at radius 3 is 2.41 bits per heavy atom. The Kier molecular flexibility index (Phi) is 4.59. The van der Waals surface area contributed by atoms with Crippen molar-refractivity contribution >= 4 is 16.9 Å². The summed E-state index contributed by atoms with van der Waals surface area (Å²) in [6, 6.07) is 14.5. The quantitative estimate of drug-likeness (QED) is 0.494. The Morgan fingerprint density at radius 2 is 1.70 bits per heavy atom. The van der Waals surface area contributed by atoms with Gasteiger partial charge in [-0.05, 0) is 65.6 Å². The standard InChI is InChI=1S/C22H21FN4/c1-14(2)13-25-19-8-7-18-20(15-9-11-24-12-10-15)21(27-22(18)26-19)16-3-5-17(23)6-4-16/h3-12,14H,13H2,1-2H3,(H2,25,26,27). The lowest BCUT2D eigenvalue weighted by Crippen LogP contribution is -2.08. The fraction of sp³-hybridized carbons (Fsp3) is 0.182. The highest BCUT2D eigenvalue weighted by Gasteiger charge is 2.16. The molecule has 2 N–H and O–H groups in total. The molecule has 0 spiro atoms. The maximum absolute atomic E-state index is 13.4. The summed E-state index contributed by atoms with van der Waals surface area (Å²) in [7, 11) is 0. The van der Waals surface area contributed by atoms with Crippen molar-refractivity contribution < 1.29 is 4.39 Å². The molecule has 0 saturated carbocycles. The number of benzene rings is 1. The van der Waals surface area contributed by atoms with E-state index in [9.17, 15) is 4.39 Å². The van der Waals surface area contributed by atoms with E-state index >= 15 is 0 Å². The lowest BCUT2D eigenvalue weighted by Gasteiger charge is -2.08. The third kappa shape index (κ3) is 3.53. The molecule has 0 fully saturated rings. The third-order valence-electron chi connectivity index (χ3n) is 4.45. The van der Waals surface area contributed by atoms with E-state index in [0.29, 0.717) is 5.92 Å². The molecule has 0 radical (unpaired) electrons. The van der Waals surface area contributed by atoms with Crippen molar-refractivity contribution in [1.29, 1.82) is 0 Å². The van der Waals surface area contributed by atoms with Crippen LogP contribution in [0.1, 0.15) is 13.8 Å². The number of anilines is 1. The fourth-order valence-corrected chi connectivity index (χ4v) is 3.13. The summed E-state index contributed by atoms with van der Waals surface area (Å²) in [6.07, 6.45) is 3.54. The minimum atomic E-state index is -0.251. The van der Waals surface area contributed by atoms with Gasteiger partial charge in [-0.25, -0.2) is 9.37 Å². The zero-order valence-electron chi connectivity index (χ0n) is 15.3. The highest BCUT2D eigenvalue weighted by Crippen LogP contribution is 2.38. The SMILES string of the molecule is CC(C)CNc1ccc2c(-c3ccncc3)c(-c3ccc(F)cc3)[nH]c2n1. The van der Waals surface area contributed by atoms with E-state index in [1.165, 1.54) is 12.1 Å². The van der Waals surface area contributed by atoms with Gasteiger partial charge in [0.1, 0.15) is 17.3 Å². The molecule has 4 aromatic rings. The number of pyridine rings is 2. The molecule has 0 aliphatic carbocycles. The minimum Gasteiger partial charge on any atom is -0.370 e. The van der Waals surface area contributed by atoms with Crippen LogP contribution >= 0.6 is 0 Å². The number of nitrogens with zero attached hydrogens (tertiary/aromatic N) is 2. The van der Waals surface area contributed by atoms with Gasteiger partial charge in [0, 0.05) is 29.9 Å². The molecule has 0 amide bonds. The Bertz CT molecular complexity index is 1050. The summed E-state index contributed by atoms with van der Waals surface area (Å²) >= 11 is 0. The van der Waals surface area contributed by atoms with E-state index < -0.39 is 0 Å². The molecular formula is C22H21FN4. The third-order valence-corrected chi connectivity index (χ3v) is 4.45. The predicted octanol–water partition coefficient (Wildman–Crippen LogP) is 5.50. The summed E-state index contributed by atoms with van der Waals surface area (Å²) in [5.74, 6) is 1.12. The Hall–Kier alpha value is -3.21. The summed E-state index contributed by atoms with van der Waals surface area (Å²) < 4.78 is 13.4. The number of aromatic nitrogens is 3. The lowest BCUT2D eigenvalue weighted by molar-refractivity contribution is 0.628. The maximum atomic E-state index is 13.4. The zero-order chi connectivity index (χ0) is 18.8. The van der Waals surface area contributed by atoms with Crippen molar-refractivity contribution in [2.75, 3.05) is 11.9 Å². The molecule has 27 heavy (non-hydrogen) atoms. The Labute approximate surface area is 157 Å². The highest BCUT2D eigenvalue weighted by molar-refractivity contribution is 6.02. The van der Waals surface area contributed by atoms with Crippen LogP contribution in [0.3, 0.4) is 0 Å². The van der Waals surface area contributed by atoms with Crippen molar-refractivity contribution in [2.24, 2.45) is 5.92 Å². The van der Waals surface area contributed by atoms with Crippen LogP contribution in [0.2, 0.25) is 0 Å². The summed E-state index contributed by atoms with van der Waals surface area (Å²) in [5, 5.41) is 4.38. The van der Waals surface area contributed by atoms with Gasteiger partial charge in [-0.2, -0.15) is 0 Å². The molecule has 0 unspecified atom stereocenters. The number of hydrogen-bond acceptors (Lipinski definition) is 3. The first-order chi connectivity index (χ1) is 13.1. The molecule has 1 aromatic carbocycles. The van der Waals surface area contributed by atoms with Crippen LogP contribution < -0.4 is 5.32 Å². The number of nitrogens with one attached hydrogen (secondary N) is 2. The van der Waals surface area contributed by atoms with Gasteiger partial charge >= 0.3 is 0 Å². The molecule has 0 aliphatic rings. The van der Waals surface area contributed by atoms with Crippen LogP contribution in [0, 0.1) is 11.7 Å². The second-order valence-corrected chi connectivity index (χ2v) is 6.99. The monoisotopic (exact) mass is 360 g/mol. The summed E-state index contributed by atoms with van der Waals surface area (Å²) in [5.41, 5.74) is 4.72. The molecule has 0 atom stereocenters. The van der Waals surface area contributed by atoms with Crippen LogP contribution in [-0.2, 0) is 0 Å². The van der Waals surface area contributed by atoms with Gasteiger partial charge in [0.2, 0.25) is 0 Å². The first kappa shape index (κ1) is 17.2. The molecule has 5 heteroatoms. The minimum absolute atomic E-state index is 0.251. The molecular weight excluding hydrogens is 339 g/mol. The summed E-state index contributed by atoms with van der Waals surface area (Å²) in [4.78, 5) is 12.3. The first-order valence-corrected chi connectivity index (χ1v) is 9.05. The maximum Gasteiger partial charge on any atom is 0.140 e. The average molecular weight is 360 g/mol. The van der Waals surface area contributed by atoms with Crippen molar-refractivity contribution in [1.82, 2.24) is 15.0 Å². The smallest absolute Gasteiger partial charge is 0.140 e. The van der Waals surface area contributed by atoms with E-state index in [4.69, 9.17) is 4.98 Å². The first-order valence-electron chi connectivity index (χ1n) is 9.05. The molecule has 3 aromatic heterocycles. The van der Waals surface area contributed by atoms with Gasteiger partial charge < -0.3 is 10.3 Å². The molecule has 3 heterocycles. The van der Waals surface area contributed by atoms with Crippen LogP contribution in [0.15, 0.2) is 60.9 Å². The van der Waals surface area contributed by atoms with E-state index in [2.05, 4.69) is 35.2 Å². The number of rotatable bonds is 5. The predicted molar refractivity (Wildman–Crippen MR) is 108 cm³/mol. The van der Waals surface area contributed by atoms with Crippen LogP contribution in [0.5, 0.6) is 0 Å². The van der Waals surface area contributed by atoms with Gasteiger partial charge in [-0.15, -0.1) is 0 Å². The molecule has 0 saturated heterocycles. The number of fused-ring (bicyclic) bond motifs is 1. The van der Waals surface area contributed by atoms with Gasteiger partial charge in [-0.1, -0.05) is 13.8 Å². The van der Waals surface area contributed by atoms with Crippen molar-refractivity contribution in [3.63, 3.8) is 0 Å². The number of halogens is 1. The second-order valence-electron chi connectivity index (χ2n) is 6.99. The van der Waals surface area contributed by atoms with Crippen molar-refractivity contribution in [3.8, 4) is 22.4 Å². The van der Waals surface area contributed by atoms with Crippen LogP contribution in [0.25, 0.3) is 33.4 Å². The largest absolute Gasteiger partial charge is 0.370 e. The lowest BCUT2D eigenvalue weighted by atomic mass is 10.00. The molecule has 4 rings (SSSR count). The van der Waals surface area contributed by atoms with Gasteiger partial charge in [0.05, 0.1) is 5.69 Å². The second kappa shape index (κ2) is 7.19. The fourth-order valence-electron chi connectivity index (χ4n) is 3.13. The Morgan fingerprint density at radius 1 is 0.963 bits per heavy atom. The van der Waals surface area contributed by atoms with E-state index in [-0.39, 0.29) is 5.82 Å². The molecule has 0 bridgehead atoms. The van der Waals surface area contributed by atoms with Crippen LogP contribution in [0.4, 0.5) is 10.2 Å². The van der Waals surface area contributed by atoms with E-state index in [1.807, 2.05) is 18.2 Å². The molecule has 4 nitrogen and oxygen atoms in total. The zero-order valence-corrected chi connectivity index (χ0v) is 15.3. The van der Waals surface area contributed by atoms with E-state index in [0.717, 1.165) is 45.8 Å². The van der Waals surface area contributed by atoms with Crippen molar-refractivity contribution in [2.45, 2.75) is 13.8 Å². The number of hydrogen-bond donors (Lipinski definition) is 2. The number of aromatic amines is 1. The number of H-pyrrole nitrogens is 1. The van der Waals surface area contributed by atoms with E-state index in [1.54, 1.807) is 24.5 Å². The molecule has 0 aliphatic heterocycles. The molecule has 136 valence electrons. The van der Waals surface area contributed by atoms with Gasteiger partial charge in [0.25, 0.3) is 0 Å². The van der Waals surface area contributed by atoms with Gasteiger partial charge in [0.15, 0.2) is 0 Å². The van der Waals surface area contributed by atoms with Crippen molar-refractivity contribution in [3.05, 3.63) is 66.7 Å². The average Bonchev–Trinajstić information content (AvgIpc) is 3.06.